The first-order chi connectivity index (χ1) is 12.4. The van der Waals surface area contributed by atoms with Crippen LogP contribution in [-0.2, 0) is 4.79 Å². The third-order valence-electron chi connectivity index (χ3n) is 3.47. The number of nitro groups is 1. The van der Waals surface area contributed by atoms with Gasteiger partial charge in [0.1, 0.15) is 0 Å². The summed E-state index contributed by atoms with van der Waals surface area (Å²) in [5.74, 6) is -0.0681. The van der Waals surface area contributed by atoms with Crippen molar-refractivity contribution >= 4 is 56.4 Å². The van der Waals surface area contributed by atoms with Gasteiger partial charge in [0.25, 0.3) is 5.69 Å². The molecule has 26 heavy (non-hydrogen) atoms. The number of thiazole rings is 1. The largest absolute Gasteiger partial charge is 0.325 e. The summed E-state index contributed by atoms with van der Waals surface area (Å²) in [6.45, 7) is 1.48. The van der Waals surface area contributed by atoms with Crippen LogP contribution in [0, 0.1) is 10.1 Å². The fourth-order valence-electron chi connectivity index (χ4n) is 2.18. The Hall–Kier alpha value is -2.78. The fraction of sp³-hybridized carbons (Fsp3) is 0.118. The van der Waals surface area contributed by atoms with Crippen LogP contribution >= 0.6 is 23.1 Å². The van der Waals surface area contributed by atoms with E-state index >= 15 is 0 Å². The monoisotopic (exact) mass is 387 g/mol. The van der Waals surface area contributed by atoms with E-state index in [0.29, 0.717) is 25.8 Å². The molecule has 1 heterocycles. The maximum atomic E-state index is 12.1. The van der Waals surface area contributed by atoms with Gasteiger partial charge in [-0.15, -0.1) is 11.3 Å². The van der Waals surface area contributed by atoms with Crippen LogP contribution in [0.25, 0.3) is 10.2 Å². The van der Waals surface area contributed by atoms with E-state index in [9.17, 15) is 19.7 Å². The maximum Gasteiger partial charge on any atom is 0.270 e. The van der Waals surface area contributed by atoms with Gasteiger partial charge in [0.15, 0.2) is 10.1 Å². The molecule has 2 aromatic carbocycles. The lowest BCUT2D eigenvalue weighted by atomic mass is 10.1. The van der Waals surface area contributed by atoms with Gasteiger partial charge in [-0.3, -0.25) is 19.7 Å². The van der Waals surface area contributed by atoms with Crippen molar-refractivity contribution in [3.8, 4) is 0 Å². The SMILES string of the molecule is CC(=O)c1ccc(NC(=O)CSc2nc3ccc([N+](=O)[O-])cc3s2)cc1. The van der Waals surface area contributed by atoms with E-state index in [1.54, 1.807) is 30.3 Å². The molecule has 0 aliphatic carbocycles. The number of hydrogen-bond donors (Lipinski definition) is 1. The van der Waals surface area contributed by atoms with E-state index < -0.39 is 4.92 Å². The van der Waals surface area contributed by atoms with E-state index in [-0.39, 0.29) is 23.1 Å². The maximum absolute atomic E-state index is 12.1. The number of thioether (sulfide) groups is 1. The predicted molar refractivity (Wildman–Crippen MR) is 102 cm³/mol. The predicted octanol–water partition coefficient (Wildman–Crippen LogP) is 4.14. The summed E-state index contributed by atoms with van der Waals surface area (Å²) in [5.41, 5.74) is 1.88. The highest BCUT2D eigenvalue weighted by Crippen LogP contribution is 2.31. The molecule has 1 N–H and O–H groups in total. The lowest BCUT2D eigenvalue weighted by Gasteiger charge is -2.04. The molecular weight excluding hydrogens is 374 g/mol. The minimum absolute atomic E-state index is 0.0180. The molecule has 9 heteroatoms. The summed E-state index contributed by atoms with van der Waals surface area (Å²) in [6.07, 6.45) is 0. The molecule has 7 nitrogen and oxygen atoms in total. The summed E-state index contributed by atoms with van der Waals surface area (Å²) in [4.78, 5) is 38.0. The van der Waals surface area contributed by atoms with Crippen molar-refractivity contribution < 1.29 is 14.5 Å². The topological polar surface area (TPSA) is 102 Å². The summed E-state index contributed by atoms with van der Waals surface area (Å²) in [7, 11) is 0. The van der Waals surface area contributed by atoms with Crippen molar-refractivity contribution in [1.29, 1.82) is 0 Å². The lowest BCUT2D eigenvalue weighted by Crippen LogP contribution is -2.13. The molecule has 3 aromatic rings. The lowest BCUT2D eigenvalue weighted by molar-refractivity contribution is -0.384. The zero-order valence-corrected chi connectivity index (χ0v) is 15.2. The number of amides is 1. The highest BCUT2D eigenvalue weighted by Gasteiger charge is 2.12. The summed E-state index contributed by atoms with van der Waals surface area (Å²) >= 11 is 2.58. The number of aromatic nitrogens is 1. The summed E-state index contributed by atoms with van der Waals surface area (Å²) in [5, 5.41) is 13.6. The normalized spacial score (nSPS) is 10.7. The molecule has 132 valence electrons. The number of hydrogen-bond acceptors (Lipinski definition) is 7. The van der Waals surface area contributed by atoms with Gasteiger partial charge in [0, 0.05) is 23.4 Å². The molecule has 0 atom stereocenters. The number of anilines is 1. The molecule has 3 rings (SSSR count). The Balaban J connectivity index is 1.61. The number of Topliss-reactive ketones (excluding diaryl/α,β-unsaturated/α-hetero) is 1. The van der Waals surface area contributed by atoms with Crippen molar-refractivity contribution in [1.82, 2.24) is 4.98 Å². The third kappa shape index (κ3) is 4.24. The molecule has 0 spiro atoms. The second-order valence-corrected chi connectivity index (χ2v) is 7.61. The molecule has 1 amide bonds. The van der Waals surface area contributed by atoms with Crippen LogP contribution in [0.3, 0.4) is 0 Å². The van der Waals surface area contributed by atoms with Crippen molar-refractivity contribution in [2.24, 2.45) is 0 Å². The van der Waals surface area contributed by atoms with Gasteiger partial charge in [-0.25, -0.2) is 4.98 Å². The summed E-state index contributed by atoms with van der Waals surface area (Å²) in [6, 6.07) is 11.2. The van der Waals surface area contributed by atoms with Crippen LogP contribution in [0.4, 0.5) is 11.4 Å². The zero-order chi connectivity index (χ0) is 18.7. The van der Waals surface area contributed by atoms with Crippen molar-refractivity contribution in [3.63, 3.8) is 0 Å². The number of benzene rings is 2. The van der Waals surface area contributed by atoms with E-state index in [4.69, 9.17) is 0 Å². The number of carbonyl (C=O) groups excluding carboxylic acids is 2. The van der Waals surface area contributed by atoms with E-state index in [1.807, 2.05) is 0 Å². The number of rotatable bonds is 6. The highest BCUT2D eigenvalue weighted by atomic mass is 32.2. The Morgan fingerprint density at radius 1 is 1.23 bits per heavy atom. The number of nitrogens with one attached hydrogen (secondary N) is 1. The molecule has 0 aliphatic heterocycles. The molecule has 0 aliphatic rings. The highest BCUT2D eigenvalue weighted by molar-refractivity contribution is 8.01. The van der Waals surface area contributed by atoms with Crippen molar-refractivity contribution in [2.75, 3.05) is 11.1 Å². The Bertz CT molecular complexity index is 999. The second kappa shape index (κ2) is 7.63. The van der Waals surface area contributed by atoms with Gasteiger partial charge >= 0.3 is 0 Å². The van der Waals surface area contributed by atoms with Gasteiger partial charge in [-0.1, -0.05) is 11.8 Å². The van der Waals surface area contributed by atoms with E-state index in [2.05, 4.69) is 10.3 Å². The number of carbonyl (C=O) groups is 2. The first kappa shape index (κ1) is 18.0. The zero-order valence-electron chi connectivity index (χ0n) is 13.6. The van der Waals surface area contributed by atoms with Crippen LogP contribution in [0.2, 0.25) is 0 Å². The summed E-state index contributed by atoms with van der Waals surface area (Å²) < 4.78 is 1.38. The van der Waals surface area contributed by atoms with Crippen molar-refractivity contribution in [2.45, 2.75) is 11.3 Å². The standard InChI is InChI=1S/C17H13N3O4S2/c1-10(21)11-2-4-12(5-3-11)18-16(22)9-25-17-19-14-7-6-13(20(23)24)8-15(14)26-17/h2-8H,9H2,1H3,(H,18,22). The molecule has 0 saturated carbocycles. The number of non-ortho nitro benzene ring substituents is 1. The number of fused-ring (bicyclic) bond motifs is 1. The van der Waals surface area contributed by atoms with E-state index in [1.165, 1.54) is 42.2 Å². The van der Waals surface area contributed by atoms with Gasteiger partial charge in [0.2, 0.25) is 5.91 Å². The fourth-order valence-corrected chi connectivity index (χ4v) is 4.08. The Labute approximate surface area is 156 Å². The Morgan fingerprint density at radius 3 is 2.62 bits per heavy atom. The van der Waals surface area contributed by atoms with Crippen LogP contribution in [0.5, 0.6) is 0 Å². The Morgan fingerprint density at radius 2 is 1.96 bits per heavy atom. The van der Waals surface area contributed by atoms with Crippen LogP contribution in [0.1, 0.15) is 17.3 Å². The van der Waals surface area contributed by atoms with Crippen LogP contribution < -0.4 is 5.32 Å². The molecular formula is C17H13N3O4S2. The second-order valence-electron chi connectivity index (χ2n) is 5.36. The molecule has 0 unspecified atom stereocenters. The first-order valence-electron chi connectivity index (χ1n) is 7.51. The Kier molecular flexibility index (Phi) is 5.29. The minimum atomic E-state index is -0.448. The van der Waals surface area contributed by atoms with Gasteiger partial charge in [-0.05, 0) is 37.3 Å². The third-order valence-corrected chi connectivity index (χ3v) is 5.63. The first-order valence-corrected chi connectivity index (χ1v) is 9.31. The quantitative estimate of drug-likeness (QED) is 0.295. The number of nitro benzene ring substituents is 1. The molecule has 0 bridgehead atoms. The molecule has 1 aromatic heterocycles. The van der Waals surface area contributed by atoms with Crippen LogP contribution in [-0.4, -0.2) is 27.4 Å². The van der Waals surface area contributed by atoms with Crippen molar-refractivity contribution in [3.05, 3.63) is 58.1 Å². The average molecular weight is 387 g/mol. The number of nitrogens with zero attached hydrogens (tertiary/aromatic N) is 2. The smallest absolute Gasteiger partial charge is 0.270 e. The van der Waals surface area contributed by atoms with E-state index in [0.717, 1.165) is 0 Å². The van der Waals surface area contributed by atoms with Gasteiger partial charge in [-0.2, -0.15) is 0 Å². The molecule has 0 radical (unpaired) electrons. The van der Waals surface area contributed by atoms with Gasteiger partial charge in [0.05, 0.1) is 20.9 Å². The van der Waals surface area contributed by atoms with Gasteiger partial charge < -0.3 is 5.32 Å². The minimum Gasteiger partial charge on any atom is -0.325 e. The average Bonchev–Trinajstić information content (AvgIpc) is 3.02. The number of ketones is 1. The van der Waals surface area contributed by atoms with Crippen LogP contribution in [0.15, 0.2) is 46.8 Å². The molecule has 0 fully saturated rings. The molecule has 0 saturated heterocycles.